The summed E-state index contributed by atoms with van der Waals surface area (Å²) in [7, 11) is 0. The zero-order valence-electron chi connectivity index (χ0n) is 17.0. The molecule has 0 saturated heterocycles. The Hall–Kier alpha value is -0.120. The summed E-state index contributed by atoms with van der Waals surface area (Å²) in [4.78, 5) is 5.25. The van der Waals surface area contributed by atoms with Crippen LogP contribution in [0.1, 0.15) is 80.1 Å². The third-order valence-corrected chi connectivity index (χ3v) is 5.21. The average Bonchev–Trinajstić information content (AvgIpc) is 2.56. The summed E-state index contributed by atoms with van der Waals surface area (Å²) in [6, 6.07) is 1.52. The molecular formula is C20H45N3. The third kappa shape index (κ3) is 9.69. The minimum atomic E-state index is 0.761. The number of hydrogen-bond acceptors (Lipinski definition) is 3. The molecule has 0 aliphatic heterocycles. The molecule has 0 aromatic carbocycles. The minimum Gasteiger partial charge on any atom is -0.317 e. The molecule has 0 aromatic heterocycles. The highest BCUT2D eigenvalue weighted by Crippen LogP contribution is 2.12. The zero-order valence-corrected chi connectivity index (χ0v) is 17.0. The van der Waals surface area contributed by atoms with Crippen molar-refractivity contribution < 1.29 is 0 Å². The first-order valence-electron chi connectivity index (χ1n) is 10.4. The van der Waals surface area contributed by atoms with Gasteiger partial charge in [0.05, 0.1) is 0 Å². The van der Waals surface area contributed by atoms with Crippen molar-refractivity contribution in [2.24, 2.45) is 0 Å². The standard InChI is InChI=1S/C20H45N3/c1-7-13-19(22(9-3)10-4)15-17-21-18-16-20(14-8-2)23(11-5)12-6/h19-21H,7-18H2,1-6H3. The van der Waals surface area contributed by atoms with Gasteiger partial charge in [-0.15, -0.1) is 0 Å². The van der Waals surface area contributed by atoms with Crippen LogP contribution in [0.2, 0.25) is 0 Å². The molecule has 2 atom stereocenters. The first-order valence-corrected chi connectivity index (χ1v) is 10.4. The van der Waals surface area contributed by atoms with Crippen LogP contribution in [0.5, 0.6) is 0 Å². The van der Waals surface area contributed by atoms with E-state index in [1.54, 1.807) is 0 Å². The number of hydrogen-bond donors (Lipinski definition) is 1. The van der Waals surface area contributed by atoms with E-state index < -0.39 is 0 Å². The van der Waals surface area contributed by atoms with E-state index in [-0.39, 0.29) is 0 Å². The Morgan fingerprint density at radius 2 is 0.913 bits per heavy atom. The second-order valence-electron chi connectivity index (χ2n) is 6.65. The lowest BCUT2D eigenvalue weighted by Crippen LogP contribution is -2.39. The number of nitrogens with one attached hydrogen (secondary N) is 1. The maximum atomic E-state index is 3.72. The van der Waals surface area contributed by atoms with Crippen LogP contribution >= 0.6 is 0 Å². The van der Waals surface area contributed by atoms with Crippen LogP contribution < -0.4 is 5.32 Å². The van der Waals surface area contributed by atoms with Crippen LogP contribution in [-0.4, -0.2) is 61.2 Å². The molecule has 0 amide bonds. The predicted octanol–water partition coefficient (Wildman–Crippen LogP) is 4.38. The predicted molar refractivity (Wildman–Crippen MR) is 105 cm³/mol. The first kappa shape index (κ1) is 22.9. The summed E-state index contributed by atoms with van der Waals surface area (Å²) < 4.78 is 0. The molecule has 0 aliphatic carbocycles. The molecule has 0 spiro atoms. The molecule has 0 radical (unpaired) electrons. The topological polar surface area (TPSA) is 18.5 Å². The van der Waals surface area contributed by atoms with Gasteiger partial charge >= 0.3 is 0 Å². The van der Waals surface area contributed by atoms with Gasteiger partial charge in [-0.05, 0) is 65.0 Å². The van der Waals surface area contributed by atoms with E-state index >= 15 is 0 Å². The van der Waals surface area contributed by atoms with E-state index in [2.05, 4.69) is 56.7 Å². The van der Waals surface area contributed by atoms with Crippen LogP contribution in [0, 0.1) is 0 Å². The summed E-state index contributed by atoms with van der Waals surface area (Å²) in [5, 5.41) is 3.72. The van der Waals surface area contributed by atoms with Gasteiger partial charge in [-0.1, -0.05) is 54.4 Å². The fraction of sp³-hybridized carbons (Fsp3) is 1.00. The zero-order chi connectivity index (χ0) is 17.5. The van der Waals surface area contributed by atoms with Crippen molar-refractivity contribution in [2.45, 2.75) is 92.2 Å². The average molecular weight is 328 g/mol. The van der Waals surface area contributed by atoms with Crippen LogP contribution in [0.3, 0.4) is 0 Å². The molecule has 0 bridgehead atoms. The Balaban J connectivity index is 4.10. The first-order chi connectivity index (χ1) is 11.2. The SMILES string of the molecule is CCCC(CCNCCC(CCC)N(CC)CC)N(CC)CC. The van der Waals surface area contributed by atoms with Crippen molar-refractivity contribution >= 4 is 0 Å². The fourth-order valence-electron chi connectivity index (χ4n) is 3.83. The van der Waals surface area contributed by atoms with Gasteiger partial charge in [0.15, 0.2) is 0 Å². The highest BCUT2D eigenvalue weighted by Gasteiger charge is 2.15. The largest absolute Gasteiger partial charge is 0.317 e. The second-order valence-corrected chi connectivity index (χ2v) is 6.65. The molecular weight excluding hydrogens is 282 g/mol. The highest BCUT2D eigenvalue weighted by atomic mass is 15.2. The smallest absolute Gasteiger partial charge is 0.0107 e. The Morgan fingerprint density at radius 1 is 0.565 bits per heavy atom. The second kappa shape index (κ2) is 15.4. The summed E-state index contributed by atoms with van der Waals surface area (Å²) in [6.45, 7) is 20.8. The van der Waals surface area contributed by atoms with Crippen LogP contribution in [0.25, 0.3) is 0 Å². The van der Waals surface area contributed by atoms with E-state index in [1.165, 1.54) is 64.7 Å². The fourth-order valence-corrected chi connectivity index (χ4v) is 3.83. The molecule has 3 nitrogen and oxygen atoms in total. The molecule has 0 heterocycles. The highest BCUT2D eigenvalue weighted by molar-refractivity contribution is 4.73. The maximum Gasteiger partial charge on any atom is 0.0107 e. The van der Waals surface area contributed by atoms with Gasteiger partial charge in [-0.3, -0.25) is 0 Å². The normalized spacial score (nSPS) is 14.6. The summed E-state index contributed by atoms with van der Waals surface area (Å²) >= 11 is 0. The Bertz CT molecular complexity index is 213. The van der Waals surface area contributed by atoms with Crippen molar-refractivity contribution in [1.29, 1.82) is 0 Å². The molecule has 0 aliphatic rings. The number of nitrogens with zero attached hydrogens (tertiary/aromatic N) is 2. The minimum absolute atomic E-state index is 0.761. The van der Waals surface area contributed by atoms with Crippen LogP contribution in [0.4, 0.5) is 0 Å². The van der Waals surface area contributed by atoms with E-state index in [4.69, 9.17) is 0 Å². The van der Waals surface area contributed by atoms with E-state index in [9.17, 15) is 0 Å². The lowest BCUT2D eigenvalue weighted by molar-refractivity contribution is 0.186. The Labute approximate surface area is 147 Å². The lowest BCUT2D eigenvalue weighted by Gasteiger charge is -2.31. The van der Waals surface area contributed by atoms with Crippen LogP contribution in [0.15, 0.2) is 0 Å². The van der Waals surface area contributed by atoms with Crippen molar-refractivity contribution in [3.8, 4) is 0 Å². The maximum absolute atomic E-state index is 3.72. The number of rotatable bonds is 16. The molecule has 1 N–H and O–H groups in total. The van der Waals surface area contributed by atoms with E-state index in [0.717, 1.165) is 25.2 Å². The van der Waals surface area contributed by atoms with Gasteiger partial charge in [0.25, 0.3) is 0 Å². The molecule has 3 heteroatoms. The van der Waals surface area contributed by atoms with Crippen molar-refractivity contribution in [2.75, 3.05) is 39.3 Å². The summed E-state index contributed by atoms with van der Waals surface area (Å²) in [6.07, 6.45) is 7.84. The molecule has 140 valence electrons. The van der Waals surface area contributed by atoms with E-state index in [1.807, 2.05) is 0 Å². The molecule has 0 saturated carbocycles. The van der Waals surface area contributed by atoms with Crippen molar-refractivity contribution in [3.63, 3.8) is 0 Å². The van der Waals surface area contributed by atoms with Gasteiger partial charge in [0.2, 0.25) is 0 Å². The molecule has 0 fully saturated rings. The van der Waals surface area contributed by atoms with Gasteiger partial charge in [0, 0.05) is 12.1 Å². The molecule has 0 aromatic rings. The van der Waals surface area contributed by atoms with Gasteiger partial charge in [-0.2, -0.15) is 0 Å². The van der Waals surface area contributed by atoms with Gasteiger partial charge in [0.1, 0.15) is 0 Å². The monoisotopic (exact) mass is 327 g/mol. The molecule has 0 rings (SSSR count). The van der Waals surface area contributed by atoms with Crippen LogP contribution in [-0.2, 0) is 0 Å². The third-order valence-electron chi connectivity index (χ3n) is 5.21. The lowest BCUT2D eigenvalue weighted by atomic mass is 10.1. The Kier molecular flexibility index (Phi) is 15.3. The van der Waals surface area contributed by atoms with Crippen molar-refractivity contribution in [1.82, 2.24) is 15.1 Å². The van der Waals surface area contributed by atoms with Crippen molar-refractivity contribution in [3.05, 3.63) is 0 Å². The van der Waals surface area contributed by atoms with Gasteiger partial charge in [-0.25, -0.2) is 0 Å². The quantitative estimate of drug-likeness (QED) is 0.425. The molecule has 23 heavy (non-hydrogen) atoms. The summed E-state index contributed by atoms with van der Waals surface area (Å²) in [5.41, 5.74) is 0. The Morgan fingerprint density at radius 3 is 1.17 bits per heavy atom. The summed E-state index contributed by atoms with van der Waals surface area (Å²) in [5.74, 6) is 0. The van der Waals surface area contributed by atoms with Gasteiger partial charge < -0.3 is 15.1 Å². The molecule has 2 unspecified atom stereocenters. The van der Waals surface area contributed by atoms with E-state index in [0.29, 0.717) is 0 Å².